The molecule has 1 saturated heterocycles. The molecule has 0 amide bonds. The number of ether oxygens (including phenoxy) is 1. The number of rotatable bonds is 0. The van der Waals surface area contributed by atoms with E-state index in [1.54, 1.807) is 0 Å². The van der Waals surface area contributed by atoms with Crippen LogP contribution in [0.5, 0.6) is 0 Å². The third-order valence-corrected chi connectivity index (χ3v) is 0.593. The van der Waals surface area contributed by atoms with Gasteiger partial charge in [-0.05, 0) is 0 Å². The van der Waals surface area contributed by atoms with Crippen molar-refractivity contribution in [3.8, 4) is 0 Å². The lowest BCUT2D eigenvalue weighted by Gasteiger charge is -2.10. The third-order valence-electron chi connectivity index (χ3n) is 0.593. The van der Waals surface area contributed by atoms with Crippen LogP contribution in [0.25, 0.3) is 0 Å². The smallest absolute Gasteiger partial charge is 0.166 e. The van der Waals surface area contributed by atoms with Gasteiger partial charge in [0.15, 0.2) is 6.79 Å². The molecule has 1 N–H and O–H groups in total. The second-order valence-electron chi connectivity index (χ2n) is 1.06. The van der Waals surface area contributed by atoms with E-state index in [9.17, 15) is 0 Å². The molecule has 0 saturated carbocycles. The van der Waals surface area contributed by atoms with E-state index in [-0.39, 0.29) is 0 Å². The second kappa shape index (κ2) is 2.12. The standard InChI is InChI=1S/C3H7NO2/c1-2-5-3-6-4-1/h4H,1-3H2. The van der Waals surface area contributed by atoms with E-state index in [1.165, 1.54) is 0 Å². The summed E-state index contributed by atoms with van der Waals surface area (Å²) in [6.07, 6.45) is 0. The van der Waals surface area contributed by atoms with Crippen LogP contribution in [-0.4, -0.2) is 19.9 Å². The van der Waals surface area contributed by atoms with Crippen LogP contribution in [0, 0.1) is 0 Å². The minimum absolute atomic E-state index is 0.389. The van der Waals surface area contributed by atoms with Crippen molar-refractivity contribution in [3.63, 3.8) is 0 Å². The van der Waals surface area contributed by atoms with Crippen LogP contribution < -0.4 is 5.48 Å². The van der Waals surface area contributed by atoms with Gasteiger partial charge in [-0.3, -0.25) is 4.84 Å². The molecule has 1 fully saturated rings. The lowest BCUT2D eigenvalue weighted by atomic mass is 10.7. The van der Waals surface area contributed by atoms with Crippen molar-refractivity contribution in [3.05, 3.63) is 0 Å². The maximum absolute atomic E-state index is 4.78. The van der Waals surface area contributed by atoms with Crippen molar-refractivity contribution < 1.29 is 9.57 Å². The molecule has 6 heavy (non-hydrogen) atoms. The molecule has 0 aromatic carbocycles. The zero-order valence-corrected chi connectivity index (χ0v) is 3.44. The number of hydrogen-bond donors (Lipinski definition) is 1. The van der Waals surface area contributed by atoms with Crippen LogP contribution in [-0.2, 0) is 9.57 Å². The first-order valence-electron chi connectivity index (χ1n) is 1.92. The minimum Gasteiger partial charge on any atom is -0.352 e. The van der Waals surface area contributed by atoms with Crippen LogP contribution >= 0.6 is 0 Å². The fourth-order valence-electron chi connectivity index (χ4n) is 0.328. The first-order chi connectivity index (χ1) is 3.00. The van der Waals surface area contributed by atoms with Crippen molar-refractivity contribution in [1.82, 2.24) is 5.48 Å². The Kier molecular flexibility index (Phi) is 1.43. The van der Waals surface area contributed by atoms with E-state index >= 15 is 0 Å². The van der Waals surface area contributed by atoms with Gasteiger partial charge in [-0.25, -0.2) is 0 Å². The molecule has 0 aromatic rings. The van der Waals surface area contributed by atoms with Gasteiger partial charge in [-0.15, -0.1) is 0 Å². The van der Waals surface area contributed by atoms with E-state index in [2.05, 4.69) is 10.3 Å². The summed E-state index contributed by atoms with van der Waals surface area (Å²) in [6, 6.07) is 0. The Labute approximate surface area is 36.2 Å². The molecule has 1 aliphatic heterocycles. The van der Waals surface area contributed by atoms with E-state index < -0.39 is 0 Å². The molecule has 1 heterocycles. The highest BCUT2D eigenvalue weighted by Crippen LogP contribution is 1.78. The zero-order valence-electron chi connectivity index (χ0n) is 3.44. The quantitative estimate of drug-likeness (QED) is 0.434. The molecule has 0 unspecified atom stereocenters. The van der Waals surface area contributed by atoms with Crippen molar-refractivity contribution in [1.29, 1.82) is 0 Å². The van der Waals surface area contributed by atoms with Crippen LogP contribution in [0.3, 0.4) is 0 Å². The van der Waals surface area contributed by atoms with Crippen molar-refractivity contribution in [2.45, 2.75) is 0 Å². The first-order valence-corrected chi connectivity index (χ1v) is 1.92. The average Bonchev–Trinajstić information content (AvgIpc) is 1.72. The minimum atomic E-state index is 0.389. The van der Waals surface area contributed by atoms with Gasteiger partial charge in [0, 0.05) is 6.54 Å². The van der Waals surface area contributed by atoms with Crippen LogP contribution in [0.4, 0.5) is 0 Å². The Morgan fingerprint density at radius 2 is 2.50 bits per heavy atom. The molecule has 0 aromatic heterocycles. The monoisotopic (exact) mass is 89.0 g/mol. The summed E-state index contributed by atoms with van der Waals surface area (Å²) in [5.41, 5.74) is 2.66. The van der Waals surface area contributed by atoms with Gasteiger partial charge in [0.05, 0.1) is 6.61 Å². The Hall–Kier alpha value is -0.120. The normalized spacial score (nSPS) is 24.0. The molecule has 0 atom stereocenters. The lowest BCUT2D eigenvalue weighted by Crippen LogP contribution is -2.27. The molecular weight excluding hydrogens is 82.0 g/mol. The van der Waals surface area contributed by atoms with E-state index in [1.807, 2.05) is 0 Å². The molecular formula is C3H7NO2. The van der Waals surface area contributed by atoms with Gasteiger partial charge >= 0.3 is 0 Å². The van der Waals surface area contributed by atoms with Gasteiger partial charge in [-0.2, -0.15) is 5.48 Å². The first kappa shape index (κ1) is 4.05. The summed E-state index contributed by atoms with van der Waals surface area (Å²) in [5.74, 6) is 0. The highest BCUT2D eigenvalue weighted by Gasteiger charge is 1.92. The van der Waals surface area contributed by atoms with Gasteiger partial charge in [0.25, 0.3) is 0 Å². The van der Waals surface area contributed by atoms with Gasteiger partial charge in [-0.1, -0.05) is 0 Å². The maximum atomic E-state index is 4.78. The van der Waals surface area contributed by atoms with Crippen molar-refractivity contribution in [2.75, 3.05) is 19.9 Å². The highest BCUT2D eigenvalue weighted by molar-refractivity contribution is 4.32. The molecule has 0 bridgehead atoms. The molecule has 1 rings (SSSR count). The van der Waals surface area contributed by atoms with Gasteiger partial charge in [0.2, 0.25) is 0 Å². The molecule has 3 heteroatoms. The Morgan fingerprint density at radius 1 is 1.50 bits per heavy atom. The van der Waals surface area contributed by atoms with E-state index in [0.29, 0.717) is 6.79 Å². The van der Waals surface area contributed by atoms with E-state index in [4.69, 9.17) is 4.74 Å². The van der Waals surface area contributed by atoms with Crippen LogP contribution in [0.15, 0.2) is 0 Å². The molecule has 36 valence electrons. The molecule has 3 nitrogen and oxygen atoms in total. The van der Waals surface area contributed by atoms with Gasteiger partial charge < -0.3 is 4.74 Å². The molecule has 0 aliphatic carbocycles. The molecule has 0 radical (unpaired) electrons. The maximum Gasteiger partial charge on any atom is 0.166 e. The Morgan fingerprint density at radius 3 is 2.67 bits per heavy atom. The Bertz CT molecular complexity index is 24.3. The predicted octanol–water partition coefficient (Wildman–Crippen LogP) is -0.505. The van der Waals surface area contributed by atoms with Crippen LogP contribution in [0.2, 0.25) is 0 Å². The second-order valence-corrected chi connectivity index (χ2v) is 1.06. The summed E-state index contributed by atoms with van der Waals surface area (Å²) in [4.78, 5) is 4.60. The SMILES string of the molecule is C1COCON1. The number of hydrogen-bond acceptors (Lipinski definition) is 3. The predicted molar refractivity (Wildman–Crippen MR) is 19.9 cm³/mol. The topological polar surface area (TPSA) is 30.5 Å². The summed E-state index contributed by atoms with van der Waals surface area (Å²) >= 11 is 0. The highest BCUT2D eigenvalue weighted by atomic mass is 16.8. The number of hydroxylamine groups is 1. The fourth-order valence-corrected chi connectivity index (χ4v) is 0.328. The molecule has 0 spiro atoms. The van der Waals surface area contributed by atoms with E-state index in [0.717, 1.165) is 13.2 Å². The molecule has 1 aliphatic rings. The fraction of sp³-hybridized carbons (Fsp3) is 1.00. The zero-order chi connectivity index (χ0) is 4.24. The third kappa shape index (κ3) is 0.931. The largest absolute Gasteiger partial charge is 0.352 e. The van der Waals surface area contributed by atoms with Gasteiger partial charge in [0.1, 0.15) is 0 Å². The summed E-state index contributed by atoms with van der Waals surface area (Å²) < 4.78 is 4.78. The Balaban J connectivity index is 2.00. The lowest BCUT2D eigenvalue weighted by molar-refractivity contribution is -0.141. The summed E-state index contributed by atoms with van der Waals surface area (Å²) in [5, 5.41) is 0. The summed E-state index contributed by atoms with van der Waals surface area (Å²) in [7, 11) is 0. The number of nitrogens with one attached hydrogen (secondary N) is 1. The van der Waals surface area contributed by atoms with Crippen molar-refractivity contribution in [2.24, 2.45) is 0 Å². The summed E-state index contributed by atoms with van der Waals surface area (Å²) in [6.45, 7) is 1.96. The van der Waals surface area contributed by atoms with Crippen molar-refractivity contribution >= 4 is 0 Å². The van der Waals surface area contributed by atoms with Crippen LogP contribution in [0.1, 0.15) is 0 Å². The average molecular weight is 89.1 g/mol.